The van der Waals surface area contributed by atoms with E-state index in [1.54, 1.807) is 6.92 Å². The number of allylic oxidation sites excluding steroid dienone is 1. The number of halogens is 1. The molecule has 1 aromatic carbocycles. The zero-order chi connectivity index (χ0) is 23.9. The molecule has 5 atom stereocenters. The molecule has 0 unspecified atom stereocenters. The van der Waals surface area contributed by atoms with Crippen LogP contribution in [-0.2, 0) is 9.59 Å². The number of hydrogen-bond acceptors (Lipinski definition) is 8. The highest BCUT2D eigenvalue weighted by Gasteiger charge is 2.64. The lowest BCUT2D eigenvalue weighted by atomic mass is 9.56. The van der Waals surface area contributed by atoms with Crippen molar-refractivity contribution in [2.24, 2.45) is 17.6 Å². The average Bonchev–Trinajstić information content (AvgIpc) is 2.69. The van der Waals surface area contributed by atoms with E-state index in [4.69, 9.17) is 5.73 Å². The third-order valence-corrected chi connectivity index (χ3v) is 7.03. The lowest BCUT2D eigenvalue weighted by Gasteiger charge is -2.51. The second-order valence-electron chi connectivity index (χ2n) is 8.81. The Kier molecular flexibility index (Phi) is 4.72. The molecule has 0 aliphatic heterocycles. The van der Waals surface area contributed by atoms with Crippen LogP contribution in [0.3, 0.4) is 0 Å². The van der Waals surface area contributed by atoms with Gasteiger partial charge in [-0.05, 0) is 44.5 Å². The number of ketones is 2. The molecule has 0 heterocycles. The van der Waals surface area contributed by atoms with E-state index in [1.165, 1.54) is 19.0 Å². The van der Waals surface area contributed by atoms with E-state index in [1.807, 2.05) is 0 Å². The Hall–Kier alpha value is -3.24. The summed E-state index contributed by atoms with van der Waals surface area (Å²) < 4.78 is 14.7. The quantitative estimate of drug-likeness (QED) is 0.417. The summed E-state index contributed by atoms with van der Waals surface area (Å²) in [4.78, 5) is 39.8. The molecule has 9 nitrogen and oxygen atoms in total. The molecule has 3 aliphatic rings. The van der Waals surface area contributed by atoms with Crippen LogP contribution in [0.15, 0.2) is 34.8 Å². The fourth-order valence-corrected chi connectivity index (χ4v) is 5.57. The van der Waals surface area contributed by atoms with Gasteiger partial charge in [-0.15, -0.1) is 0 Å². The van der Waals surface area contributed by atoms with Crippen molar-refractivity contribution in [1.29, 1.82) is 0 Å². The van der Waals surface area contributed by atoms with Gasteiger partial charge >= 0.3 is 0 Å². The smallest absolute Gasteiger partial charge is 0.255 e. The molecule has 0 aromatic heterocycles. The lowest BCUT2D eigenvalue weighted by Crippen LogP contribution is -2.64. The van der Waals surface area contributed by atoms with Crippen LogP contribution in [-0.4, -0.2) is 68.5 Å². The highest BCUT2D eigenvalue weighted by molar-refractivity contribution is 6.24. The number of nitrogens with two attached hydrogens (primary N) is 1. The Morgan fingerprint density at radius 2 is 1.84 bits per heavy atom. The fraction of sp³-hybridized carbons (Fsp3) is 0.409. The van der Waals surface area contributed by atoms with Gasteiger partial charge in [0.1, 0.15) is 28.7 Å². The topological polar surface area (TPSA) is 161 Å². The molecule has 10 heteroatoms. The van der Waals surface area contributed by atoms with E-state index >= 15 is 0 Å². The molecule has 0 saturated heterocycles. The number of phenols is 1. The number of carbonyl (C=O) groups is 3. The van der Waals surface area contributed by atoms with Gasteiger partial charge < -0.3 is 26.2 Å². The number of fused-ring (bicyclic) bond motifs is 3. The van der Waals surface area contributed by atoms with Crippen LogP contribution in [0.2, 0.25) is 0 Å². The predicted octanol–water partition coefficient (Wildman–Crippen LogP) is 0.821. The van der Waals surface area contributed by atoms with Crippen molar-refractivity contribution in [3.63, 3.8) is 0 Å². The molecule has 0 bridgehead atoms. The van der Waals surface area contributed by atoms with Gasteiger partial charge in [-0.1, -0.05) is 6.92 Å². The van der Waals surface area contributed by atoms with Crippen LogP contribution in [0.4, 0.5) is 4.39 Å². The standard InChI is InChI=1S/C22H23FN2O7/c1-7-8-6-9-16(25(2)3)18(28)15(21(24)31)20(30)22(9,32)19(29)13(8)17(27)14-11(26)5-4-10(23)12(7)14/h4-5,7-9,16,26,28-29,32H,6H2,1-3H3,(H2,24,31)/t7-,8-,9+,16+,22+/m1/s1. The Morgan fingerprint density at radius 1 is 1.22 bits per heavy atom. The summed E-state index contributed by atoms with van der Waals surface area (Å²) in [6.07, 6.45) is -0.0952. The maximum atomic E-state index is 14.7. The summed E-state index contributed by atoms with van der Waals surface area (Å²) in [6, 6.07) is 0.949. The Bertz CT molecular complexity index is 1160. The van der Waals surface area contributed by atoms with Gasteiger partial charge in [-0.3, -0.25) is 19.3 Å². The van der Waals surface area contributed by atoms with E-state index < -0.39 is 75.5 Å². The van der Waals surface area contributed by atoms with Crippen molar-refractivity contribution in [3.8, 4) is 5.75 Å². The molecule has 3 aliphatic carbocycles. The molecule has 0 saturated carbocycles. The molecule has 0 radical (unpaired) electrons. The monoisotopic (exact) mass is 446 g/mol. The number of likely N-dealkylation sites (N-methyl/N-ethyl adjacent to an activating group) is 1. The highest BCUT2D eigenvalue weighted by Crippen LogP contribution is 2.55. The van der Waals surface area contributed by atoms with Crippen molar-refractivity contribution >= 4 is 17.5 Å². The summed E-state index contributed by atoms with van der Waals surface area (Å²) in [5.74, 6) is -9.05. The van der Waals surface area contributed by atoms with E-state index in [-0.39, 0.29) is 23.1 Å². The molecule has 1 amide bonds. The van der Waals surface area contributed by atoms with Crippen LogP contribution < -0.4 is 5.73 Å². The maximum absolute atomic E-state index is 14.7. The van der Waals surface area contributed by atoms with Gasteiger partial charge in [0.05, 0.1) is 11.6 Å². The van der Waals surface area contributed by atoms with Crippen molar-refractivity contribution in [2.75, 3.05) is 14.1 Å². The van der Waals surface area contributed by atoms with Gasteiger partial charge in [0, 0.05) is 17.1 Å². The third-order valence-electron chi connectivity index (χ3n) is 7.03. The number of aliphatic hydroxyl groups excluding tert-OH is 2. The second kappa shape index (κ2) is 6.88. The number of aromatic hydroxyl groups is 1. The molecule has 1 aromatic rings. The molecule has 0 fully saturated rings. The number of nitrogens with zero attached hydrogens (tertiary/aromatic N) is 1. The Balaban J connectivity index is 2.02. The van der Waals surface area contributed by atoms with Crippen molar-refractivity contribution in [3.05, 3.63) is 51.7 Å². The normalized spacial score (nSPS) is 32.1. The molecule has 0 spiro atoms. The Labute approximate surface area is 182 Å². The SMILES string of the molecule is C[C@H]1c2c(F)ccc(O)c2C(=O)C2=C(O)[C@]3(O)C(=O)C(C(N)=O)=C(O)[C@@H](N(C)C)[C@@H]3C[C@@H]21. The summed E-state index contributed by atoms with van der Waals surface area (Å²) in [6.45, 7) is 1.61. The van der Waals surface area contributed by atoms with E-state index in [0.29, 0.717) is 0 Å². The molecule has 4 rings (SSSR count). The summed E-state index contributed by atoms with van der Waals surface area (Å²) in [5.41, 5.74) is 0.987. The van der Waals surface area contributed by atoms with Crippen molar-refractivity contribution < 1.29 is 39.2 Å². The number of rotatable bonds is 2. The van der Waals surface area contributed by atoms with Crippen molar-refractivity contribution in [1.82, 2.24) is 4.90 Å². The van der Waals surface area contributed by atoms with Gasteiger partial charge in [0.15, 0.2) is 11.4 Å². The maximum Gasteiger partial charge on any atom is 0.255 e. The van der Waals surface area contributed by atoms with Gasteiger partial charge in [0.25, 0.3) is 5.91 Å². The third kappa shape index (κ3) is 2.53. The van der Waals surface area contributed by atoms with Crippen LogP contribution in [0.25, 0.3) is 0 Å². The lowest BCUT2D eigenvalue weighted by molar-refractivity contribution is -0.148. The number of amides is 1. The van der Waals surface area contributed by atoms with Gasteiger partial charge in [-0.25, -0.2) is 4.39 Å². The molecule has 170 valence electrons. The summed E-state index contributed by atoms with van der Waals surface area (Å²) >= 11 is 0. The largest absolute Gasteiger partial charge is 0.510 e. The number of phenolic OH excluding ortho intramolecular Hbond substituents is 1. The first kappa shape index (κ1) is 22.0. The number of Topliss-reactive ketones (excluding diaryl/α,β-unsaturated/α-hetero) is 2. The predicted molar refractivity (Wildman–Crippen MR) is 108 cm³/mol. The van der Waals surface area contributed by atoms with E-state index in [9.17, 15) is 39.2 Å². The first-order valence-electron chi connectivity index (χ1n) is 10.0. The molecular weight excluding hydrogens is 423 g/mol. The summed E-state index contributed by atoms with van der Waals surface area (Å²) in [7, 11) is 3.07. The molecule has 6 N–H and O–H groups in total. The minimum Gasteiger partial charge on any atom is -0.510 e. The number of aliphatic hydroxyl groups is 3. The zero-order valence-electron chi connectivity index (χ0n) is 17.6. The summed E-state index contributed by atoms with van der Waals surface area (Å²) in [5, 5.41) is 43.5. The zero-order valence-corrected chi connectivity index (χ0v) is 17.6. The van der Waals surface area contributed by atoms with E-state index in [2.05, 4.69) is 0 Å². The first-order valence-corrected chi connectivity index (χ1v) is 10.0. The van der Waals surface area contributed by atoms with Crippen molar-refractivity contribution in [2.45, 2.75) is 30.9 Å². The number of benzene rings is 1. The number of hydrogen-bond donors (Lipinski definition) is 5. The number of primary amides is 1. The minimum absolute atomic E-state index is 0.0249. The van der Waals surface area contributed by atoms with Crippen LogP contribution in [0, 0.1) is 17.7 Å². The van der Waals surface area contributed by atoms with Gasteiger partial charge in [0.2, 0.25) is 5.78 Å². The van der Waals surface area contributed by atoms with Crippen LogP contribution in [0.5, 0.6) is 5.75 Å². The first-order chi connectivity index (χ1) is 14.8. The van der Waals surface area contributed by atoms with Crippen LogP contribution >= 0.6 is 0 Å². The Morgan fingerprint density at radius 3 is 2.41 bits per heavy atom. The highest BCUT2D eigenvalue weighted by atomic mass is 19.1. The average molecular weight is 446 g/mol. The minimum atomic E-state index is -2.72. The van der Waals surface area contributed by atoms with E-state index in [0.717, 1.165) is 12.1 Å². The van der Waals surface area contributed by atoms with Crippen LogP contribution in [0.1, 0.15) is 35.2 Å². The second-order valence-corrected chi connectivity index (χ2v) is 8.81. The number of carbonyl (C=O) groups excluding carboxylic acids is 3. The van der Waals surface area contributed by atoms with Gasteiger partial charge in [-0.2, -0.15) is 0 Å². The molecular formula is C22H23FN2O7. The molecule has 32 heavy (non-hydrogen) atoms. The fourth-order valence-electron chi connectivity index (χ4n) is 5.57.